The van der Waals surface area contributed by atoms with Crippen molar-refractivity contribution >= 4 is 0 Å². The van der Waals surface area contributed by atoms with Crippen molar-refractivity contribution in [1.82, 2.24) is 15.5 Å². The average molecular weight is 267 g/mol. The summed E-state index contributed by atoms with van der Waals surface area (Å²) in [4.78, 5) is 0. The van der Waals surface area contributed by atoms with Gasteiger partial charge in [0.15, 0.2) is 0 Å². The van der Waals surface area contributed by atoms with Crippen molar-refractivity contribution in [3.8, 4) is 0 Å². The van der Waals surface area contributed by atoms with E-state index < -0.39 is 0 Å². The summed E-state index contributed by atoms with van der Waals surface area (Å²) >= 11 is 0. The third-order valence-corrected chi connectivity index (χ3v) is 3.58. The summed E-state index contributed by atoms with van der Waals surface area (Å²) in [6, 6.07) is 0. The van der Waals surface area contributed by atoms with Crippen LogP contribution in [-0.2, 0) is 11.2 Å². The summed E-state index contributed by atoms with van der Waals surface area (Å²) in [7, 11) is 0. The van der Waals surface area contributed by atoms with Crippen LogP contribution in [0, 0.1) is 0 Å². The molecule has 0 amide bonds. The summed E-state index contributed by atoms with van der Waals surface area (Å²) in [5.74, 6) is 1.82. The smallest absolute Gasteiger partial charge is 0.222 e. The molecule has 108 valence electrons. The van der Waals surface area contributed by atoms with E-state index in [1.807, 2.05) is 0 Å². The highest BCUT2D eigenvalue weighted by Crippen LogP contribution is 2.32. The maximum atomic E-state index is 5.78. The van der Waals surface area contributed by atoms with Gasteiger partial charge in [-0.15, -0.1) is 10.2 Å². The van der Waals surface area contributed by atoms with Crippen LogP contribution in [0.25, 0.3) is 0 Å². The first-order chi connectivity index (χ1) is 9.35. The first-order valence-corrected chi connectivity index (χ1v) is 7.49. The fourth-order valence-corrected chi connectivity index (χ4v) is 2.52. The van der Waals surface area contributed by atoms with Crippen LogP contribution in [0.5, 0.6) is 0 Å². The van der Waals surface area contributed by atoms with Gasteiger partial charge in [0.2, 0.25) is 11.8 Å². The highest BCUT2D eigenvalue weighted by Gasteiger charge is 2.32. The molecule has 1 saturated heterocycles. The molecular weight excluding hydrogens is 242 g/mol. The van der Waals surface area contributed by atoms with Crippen LogP contribution in [0.1, 0.15) is 57.2 Å². The second-order valence-electron chi connectivity index (χ2n) is 5.10. The third-order valence-electron chi connectivity index (χ3n) is 3.58. The molecule has 0 radical (unpaired) electrons. The van der Waals surface area contributed by atoms with Crippen LogP contribution in [-0.4, -0.2) is 36.0 Å². The van der Waals surface area contributed by atoms with Gasteiger partial charge in [-0.05, 0) is 38.8 Å². The number of nitrogens with zero attached hydrogens (tertiary/aromatic N) is 2. The van der Waals surface area contributed by atoms with Crippen LogP contribution in [0.15, 0.2) is 4.42 Å². The number of hydrogen-bond donors (Lipinski definition) is 1. The lowest BCUT2D eigenvalue weighted by Crippen LogP contribution is -2.16. The Labute approximate surface area is 115 Å². The Hall–Kier alpha value is -0.940. The lowest BCUT2D eigenvalue weighted by Gasteiger charge is -2.12. The van der Waals surface area contributed by atoms with Gasteiger partial charge in [-0.1, -0.05) is 13.8 Å². The van der Waals surface area contributed by atoms with Gasteiger partial charge >= 0.3 is 0 Å². The van der Waals surface area contributed by atoms with Gasteiger partial charge in [-0.3, -0.25) is 0 Å². The zero-order chi connectivity index (χ0) is 13.5. The topological polar surface area (TPSA) is 60.2 Å². The number of ether oxygens (including phenoxy) is 1. The lowest BCUT2D eigenvalue weighted by atomic mass is 10.00. The highest BCUT2D eigenvalue weighted by atomic mass is 16.5. The summed E-state index contributed by atoms with van der Waals surface area (Å²) in [5, 5.41) is 11.7. The first-order valence-electron chi connectivity index (χ1n) is 7.49. The molecule has 0 saturated carbocycles. The molecule has 0 aliphatic carbocycles. The maximum Gasteiger partial charge on any atom is 0.222 e. The van der Waals surface area contributed by atoms with Crippen molar-refractivity contribution in [3.63, 3.8) is 0 Å². The second-order valence-corrected chi connectivity index (χ2v) is 5.10. The molecule has 1 aromatic rings. The molecule has 0 bridgehead atoms. The molecule has 0 spiro atoms. The Bertz CT molecular complexity index is 367. The van der Waals surface area contributed by atoms with Crippen molar-refractivity contribution in [2.75, 3.05) is 19.7 Å². The van der Waals surface area contributed by atoms with Crippen LogP contribution >= 0.6 is 0 Å². The van der Waals surface area contributed by atoms with E-state index in [9.17, 15) is 0 Å². The Balaban J connectivity index is 1.78. The maximum absolute atomic E-state index is 5.78. The van der Waals surface area contributed by atoms with Crippen molar-refractivity contribution in [3.05, 3.63) is 11.8 Å². The molecule has 5 heteroatoms. The lowest BCUT2D eigenvalue weighted by molar-refractivity contribution is 0.0963. The molecule has 1 fully saturated rings. The van der Waals surface area contributed by atoms with Crippen molar-refractivity contribution in [2.24, 2.45) is 0 Å². The fourth-order valence-electron chi connectivity index (χ4n) is 2.52. The zero-order valence-corrected chi connectivity index (χ0v) is 12.0. The van der Waals surface area contributed by atoms with Gasteiger partial charge in [-0.25, -0.2) is 0 Å². The molecule has 1 aromatic heterocycles. The van der Waals surface area contributed by atoms with Crippen molar-refractivity contribution in [2.45, 2.75) is 58.0 Å². The van der Waals surface area contributed by atoms with Gasteiger partial charge in [-0.2, -0.15) is 0 Å². The van der Waals surface area contributed by atoms with Gasteiger partial charge in [0.1, 0.15) is 0 Å². The van der Waals surface area contributed by atoms with Gasteiger partial charge in [0.05, 0.1) is 12.0 Å². The molecule has 2 heterocycles. The normalized spacial score (nSPS) is 23.1. The van der Waals surface area contributed by atoms with E-state index >= 15 is 0 Å². The molecule has 1 aliphatic heterocycles. The second kappa shape index (κ2) is 7.60. The van der Waals surface area contributed by atoms with Gasteiger partial charge in [0, 0.05) is 13.0 Å². The monoisotopic (exact) mass is 267 g/mol. The minimum atomic E-state index is 0.250. The molecule has 5 nitrogen and oxygen atoms in total. The Morgan fingerprint density at radius 3 is 2.95 bits per heavy atom. The largest absolute Gasteiger partial charge is 0.425 e. The molecule has 2 rings (SSSR count). The Morgan fingerprint density at radius 1 is 1.26 bits per heavy atom. The van der Waals surface area contributed by atoms with E-state index in [1.54, 1.807) is 0 Å². The van der Waals surface area contributed by atoms with Crippen LogP contribution < -0.4 is 5.32 Å². The Morgan fingerprint density at radius 2 is 2.16 bits per heavy atom. The summed E-state index contributed by atoms with van der Waals surface area (Å²) in [5.41, 5.74) is 0. The minimum absolute atomic E-state index is 0.250. The SMILES string of the molecule is CCCNCCCc1nnc(C2CCOC2CC)o1. The van der Waals surface area contributed by atoms with E-state index in [4.69, 9.17) is 9.15 Å². The molecule has 1 N–H and O–H groups in total. The van der Waals surface area contributed by atoms with E-state index in [0.717, 1.165) is 57.2 Å². The zero-order valence-electron chi connectivity index (χ0n) is 12.0. The number of rotatable bonds is 8. The van der Waals surface area contributed by atoms with E-state index in [-0.39, 0.29) is 6.10 Å². The summed E-state index contributed by atoms with van der Waals surface area (Å²) < 4.78 is 11.4. The molecular formula is C14H25N3O2. The van der Waals surface area contributed by atoms with E-state index in [1.165, 1.54) is 6.42 Å². The van der Waals surface area contributed by atoms with E-state index in [2.05, 4.69) is 29.4 Å². The highest BCUT2D eigenvalue weighted by molar-refractivity contribution is 4.98. The standard InChI is InChI=1S/C14H25N3O2/c1-3-8-15-9-5-6-13-16-17-14(19-13)11-7-10-18-12(11)4-2/h11-12,15H,3-10H2,1-2H3. The quantitative estimate of drug-likeness (QED) is 0.732. The fraction of sp³-hybridized carbons (Fsp3) is 0.857. The average Bonchev–Trinajstić information content (AvgIpc) is 3.06. The predicted molar refractivity (Wildman–Crippen MR) is 73.2 cm³/mol. The number of aryl methyl sites for hydroxylation is 1. The van der Waals surface area contributed by atoms with E-state index in [0.29, 0.717) is 5.92 Å². The number of hydrogen-bond acceptors (Lipinski definition) is 5. The minimum Gasteiger partial charge on any atom is -0.425 e. The number of nitrogens with one attached hydrogen (secondary N) is 1. The molecule has 19 heavy (non-hydrogen) atoms. The molecule has 2 atom stereocenters. The van der Waals surface area contributed by atoms with Crippen molar-refractivity contribution < 1.29 is 9.15 Å². The molecule has 0 aromatic carbocycles. The van der Waals surface area contributed by atoms with Gasteiger partial charge < -0.3 is 14.5 Å². The van der Waals surface area contributed by atoms with Crippen LogP contribution in [0.4, 0.5) is 0 Å². The van der Waals surface area contributed by atoms with Crippen molar-refractivity contribution in [1.29, 1.82) is 0 Å². The van der Waals surface area contributed by atoms with Gasteiger partial charge in [0.25, 0.3) is 0 Å². The predicted octanol–water partition coefficient (Wildman–Crippen LogP) is 2.28. The number of aromatic nitrogens is 2. The summed E-state index contributed by atoms with van der Waals surface area (Å²) in [6.45, 7) is 7.20. The Kier molecular flexibility index (Phi) is 5.79. The third kappa shape index (κ3) is 4.01. The molecule has 1 aliphatic rings. The van der Waals surface area contributed by atoms with Crippen LogP contribution in [0.3, 0.4) is 0 Å². The first kappa shape index (κ1) is 14.5. The van der Waals surface area contributed by atoms with Crippen LogP contribution in [0.2, 0.25) is 0 Å². The summed E-state index contributed by atoms with van der Waals surface area (Å²) in [6.07, 6.45) is 5.32. The molecule has 2 unspecified atom stereocenters.